The summed E-state index contributed by atoms with van der Waals surface area (Å²) < 4.78 is 5.08. The predicted molar refractivity (Wildman–Crippen MR) is 75.4 cm³/mol. The lowest BCUT2D eigenvalue weighted by molar-refractivity contribution is -0.117. The maximum absolute atomic E-state index is 11.6. The molecule has 1 aromatic heterocycles. The van der Waals surface area contributed by atoms with Gasteiger partial charge < -0.3 is 14.8 Å². The summed E-state index contributed by atoms with van der Waals surface area (Å²) in [6, 6.07) is 3.52. The number of amides is 1. The molecule has 0 saturated heterocycles. The third-order valence-electron chi connectivity index (χ3n) is 2.85. The molecule has 19 heavy (non-hydrogen) atoms. The van der Waals surface area contributed by atoms with Crippen molar-refractivity contribution in [3.05, 3.63) is 30.2 Å². The molecule has 1 unspecified atom stereocenters. The summed E-state index contributed by atoms with van der Waals surface area (Å²) >= 11 is 0. The van der Waals surface area contributed by atoms with Crippen molar-refractivity contribution in [1.82, 2.24) is 5.32 Å². The highest BCUT2D eigenvalue weighted by Crippen LogP contribution is 2.15. The van der Waals surface area contributed by atoms with Crippen molar-refractivity contribution < 1.29 is 14.3 Å². The van der Waals surface area contributed by atoms with Crippen LogP contribution in [0.15, 0.2) is 28.9 Å². The summed E-state index contributed by atoms with van der Waals surface area (Å²) in [6.45, 7) is 6.22. The fourth-order valence-corrected chi connectivity index (χ4v) is 1.57. The second-order valence-electron chi connectivity index (χ2n) is 5.50. The van der Waals surface area contributed by atoms with Gasteiger partial charge in [0.1, 0.15) is 5.76 Å². The molecule has 1 amide bonds. The van der Waals surface area contributed by atoms with Crippen LogP contribution in [0.1, 0.15) is 39.4 Å². The summed E-state index contributed by atoms with van der Waals surface area (Å²) in [6.07, 6.45) is 6.15. The molecule has 4 nitrogen and oxygen atoms in total. The normalized spacial score (nSPS) is 14.8. The van der Waals surface area contributed by atoms with Crippen molar-refractivity contribution in [2.45, 2.75) is 39.2 Å². The quantitative estimate of drug-likeness (QED) is 0.745. The molecule has 106 valence electrons. The van der Waals surface area contributed by atoms with E-state index in [4.69, 9.17) is 4.42 Å². The molecule has 0 fully saturated rings. The van der Waals surface area contributed by atoms with Gasteiger partial charge in [0.05, 0.1) is 11.9 Å². The molecule has 0 aliphatic rings. The van der Waals surface area contributed by atoms with Gasteiger partial charge in [-0.3, -0.25) is 4.79 Å². The second kappa shape index (κ2) is 7.14. The average molecular weight is 265 g/mol. The van der Waals surface area contributed by atoms with E-state index in [0.717, 1.165) is 6.42 Å². The van der Waals surface area contributed by atoms with Crippen LogP contribution in [0.5, 0.6) is 0 Å². The Morgan fingerprint density at radius 3 is 2.89 bits per heavy atom. The van der Waals surface area contributed by atoms with Crippen LogP contribution in [-0.4, -0.2) is 23.2 Å². The molecule has 0 radical (unpaired) electrons. The molecular weight excluding hydrogens is 242 g/mol. The van der Waals surface area contributed by atoms with Crippen LogP contribution in [0.3, 0.4) is 0 Å². The van der Waals surface area contributed by atoms with Gasteiger partial charge in [0, 0.05) is 12.6 Å². The first-order chi connectivity index (χ1) is 8.89. The zero-order valence-corrected chi connectivity index (χ0v) is 11.8. The first-order valence-electron chi connectivity index (χ1n) is 6.61. The van der Waals surface area contributed by atoms with Gasteiger partial charge in [-0.25, -0.2) is 0 Å². The summed E-state index contributed by atoms with van der Waals surface area (Å²) in [4.78, 5) is 11.6. The van der Waals surface area contributed by atoms with Crippen LogP contribution in [0.4, 0.5) is 0 Å². The van der Waals surface area contributed by atoms with Crippen molar-refractivity contribution in [3.8, 4) is 0 Å². The zero-order valence-electron chi connectivity index (χ0n) is 11.8. The number of hydrogen-bond acceptors (Lipinski definition) is 3. The molecular formula is C15H23NO3. The highest BCUT2D eigenvalue weighted by Gasteiger charge is 2.20. The van der Waals surface area contributed by atoms with Gasteiger partial charge in [-0.05, 0) is 43.9 Å². The number of carbonyl (C=O) groups is 1. The Balaban J connectivity index is 2.33. The second-order valence-corrected chi connectivity index (χ2v) is 5.50. The first kappa shape index (κ1) is 15.5. The van der Waals surface area contributed by atoms with Crippen molar-refractivity contribution in [2.75, 3.05) is 6.54 Å². The number of carbonyl (C=O) groups excluding carboxylic acids is 1. The van der Waals surface area contributed by atoms with Gasteiger partial charge in [-0.2, -0.15) is 0 Å². The molecule has 1 atom stereocenters. The summed E-state index contributed by atoms with van der Waals surface area (Å²) in [5.74, 6) is 0.934. The molecule has 1 rings (SSSR count). The largest absolute Gasteiger partial charge is 0.465 e. The van der Waals surface area contributed by atoms with Crippen LogP contribution in [0, 0.1) is 5.92 Å². The zero-order chi connectivity index (χ0) is 14.3. The molecule has 0 aliphatic heterocycles. The lowest BCUT2D eigenvalue weighted by Gasteiger charge is -2.24. The number of nitrogens with one attached hydrogen (secondary N) is 1. The lowest BCUT2D eigenvalue weighted by Crippen LogP contribution is -2.40. The average Bonchev–Trinajstić information content (AvgIpc) is 2.85. The maximum atomic E-state index is 11.6. The monoisotopic (exact) mass is 265 g/mol. The van der Waals surface area contributed by atoms with E-state index in [9.17, 15) is 9.90 Å². The lowest BCUT2D eigenvalue weighted by atomic mass is 9.95. The fourth-order valence-electron chi connectivity index (χ4n) is 1.57. The number of rotatable bonds is 7. The molecule has 0 aromatic carbocycles. The molecule has 0 saturated carbocycles. The van der Waals surface area contributed by atoms with Crippen molar-refractivity contribution in [2.24, 2.45) is 5.92 Å². The Morgan fingerprint density at radius 1 is 1.58 bits per heavy atom. The van der Waals surface area contributed by atoms with Gasteiger partial charge in [-0.1, -0.05) is 13.8 Å². The van der Waals surface area contributed by atoms with E-state index in [-0.39, 0.29) is 12.5 Å². The number of aliphatic hydroxyl groups is 1. The number of furan rings is 1. The van der Waals surface area contributed by atoms with Crippen LogP contribution >= 0.6 is 0 Å². The predicted octanol–water partition coefficient (Wildman–Crippen LogP) is 2.60. The first-order valence-corrected chi connectivity index (χ1v) is 6.61. The highest BCUT2D eigenvalue weighted by molar-refractivity contribution is 5.91. The molecule has 0 bridgehead atoms. The van der Waals surface area contributed by atoms with Crippen LogP contribution < -0.4 is 5.32 Å². The van der Waals surface area contributed by atoms with Gasteiger partial charge in [0.15, 0.2) is 0 Å². The Hall–Kier alpha value is -1.55. The van der Waals surface area contributed by atoms with E-state index in [2.05, 4.69) is 19.2 Å². The van der Waals surface area contributed by atoms with Crippen LogP contribution in [0.25, 0.3) is 6.08 Å². The minimum Gasteiger partial charge on any atom is -0.465 e. The maximum Gasteiger partial charge on any atom is 0.244 e. The molecule has 0 spiro atoms. The van der Waals surface area contributed by atoms with Crippen molar-refractivity contribution >= 4 is 12.0 Å². The third-order valence-corrected chi connectivity index (χ3v) is 2.85. The highest BCUT2D eigenvalue weighted by atomic mass is 16.3. The van der Waals surface area contributed by atoms with E-state index in [1.54, 1.807) is 31.4 Å². The fraction of sp³-hybridized carbons (Fsp3) is 0.533. The smallest absolute Gasteiger partial charge is 0.244 e. The van der Waals surface area contributed by atoms with Crippen molar-refractivity contribution in [1.29, 1.82) is 0 Å². The van der Waals surface area contributed by atoms with E-state index in [0.29, 0.717) is 18.1 Å². The third kappa shape index (κ3) is 6.82. The minimum absolute atomic E-state index is 0.235. The molecule has 1 heterocycles. The van der Waals surface area contributed by atoms with Crippen LogP contribution in [-0.2, 0) is 4.79 Å². The number of hydrogen-bond donors (Lipinski definition) is 2. The summed E-state index contributed by atoms with van der Waals surface area (Å²) in [7, 11) is 0. The SMILES string of the molecule is CC(C)CCC(C)(O)CNC(=O)C=Cc1ccco1. The molecule has 4 heteroatoms. The molecule has 2 N–H and O–H groups in total. The summed E-state index contributed by atoms with van der Waals surface area (Å²) in [5.41, 5.74) is -0.863. The molecule has 0 aliphatic carbocycles. The van der Waals surface area contributed by atoms with Gasteiger partial charge in [0.2, 0.25) is 5.91 Å². The Labute approximate surface area is 114 Å². The van der Waals surface area contributed by atoms with Gasteiger partial charge in [-0.15, -0.1) is 0 Å². The standard InChI is InChI=1S/C15H23NO3/c1-12(2)8-9-15(3,18)11-16-14(17)7-6-13-5-4-10-19-13/h4-7,10,12,18H,8-9,11H2,1-3H3,(H,16,17). The van der Waals surface area contributed by atoms with E-state index in [1.807, 2.05) is 0 Å². The Kier molecular flexibility index (Phi) is 5.83. The Bertz CT molecular complexity index is 405. The van der Waals surface area contributed by atoms with E-state index >= 15 is 0 Å². The van der Waals surface area contributed by atoms with Gasteiger partial charge >= 0.3 is 0 Å². The Morgan fingerprint density at radius 2 is 2.32 bits per heavy atom. The van der Waals surface area contributed by atoms with E-state index in [1.165, 1.54) is 6.08 Å². The van der Waals surface area contributed by atoms with Crippen LogP contribution in [0.2, 0.25) is 0 Å². The minimum atomic E-state index is -0.863. The topological polar surface area (TPSA) is 62.5 Å². The van der Waals surface area contributed by atoms with Crippen molar-refractivity contribution in [3.63, 3.8) is 0 Å². The molecule has 1 aromatic rings. The van der Waals surface area contributed by atoms with Gasteiger partial charge in [0.25, 0.3) is 0 Å². The summed E-state index contributed by atoms with van der Waals surface area (Å²) in [5, 5.41) is 12.8. The van der Waals surface area contributed by atoms with E-state index < -0.39 is 5.60 Å².